The number of hydrogen-bond acceptors (Lipinski definition) is 7. The fourth-order valence-corrected chi connectivity index (χ4v) is 4.38. The predicted molar refractivity (Wildman–Crippen MR) is 121 cm³/mol. The highest BCUT2D eigenvalue weighted by atomic mass is 19.1. The third-order valence-electron chi connectivity index (χ3n) is 6.26. The first kappa shape index (κ1) is 21.4. The van der Waals surface area contributed by atoms with Crippen molar-refractivity contribution in [3.05, 3.63) is 64.0 Å². The van der Waals surface area contributed by atoms with E-state index in [-0.39, 0.29) is 23.6 Å². The van der Waals surface area contributed by atoms with E-state index in [0.29, 0.717) is 42.3 Å². The zero-order chi connectivity index (χ0) is 23.1. The van der Waals surface area contributed by atoms with Gasteiger partial charge in [-0.15, -0.1) is 0 Å². The van der Waals surface area contributed by atoms with Gasteiger partial charge in [0.15, 0.2) is 11.6 Å². The Morgan fingerprint density at radius 1 is 1.27 bits per heavy atom. The van der Waals surface area contributed by atoms with Gasteiger partial charge in [-0.3, -0.25) is 9.78 Å². The topological polar surface area (TPSA) is 76.9 Å². The molecule has 172 valence electrons. The van der Waals surface area contributed by atoms with E-state index in [2.05, 4.69) is 9.88 Å². The molecule has 1 unspecified atom stereocenters. The van der Waals surface area contributed by atoms with Gasteiger partial charge < -0.3 is 23.8 Å². The second-order valence-electron chi connectivity index (χ2n) is 8.56. The van der Waals surface area contributed by atoms with E-state index < -0.39 is 17.2 Å². The van der Waals surface area contributed by atoms with Crippen molar-refractivity contribution in [1.29, 1.82) is 0 Å². The predicted octanol–water partition coefficient (Wildman–Crippen LogP) is 2.60. The Balaban J connectivity index is 1.58. The van der Waals surface area contributed by atoms with Crippen LogP contribution in [0.4, 0.5) is 10.1 Å². The summed E-state index contributed by atoms with van der Waals surface area (Å²) in [4.78, 5) is 34.3. The van der Waals surface area contributed by atoms with Gasteiger partial charge in [-0.25, -0.2) is 9.18 Å². The van der Waals surface area contributed by atoms with Gasteiger partial charge in [0.05, 0.1) is 22.6 Å². The zero-order valence-corrected chi connectivity index (χ0v) is 18.6. The largest absolute Gasteiger partial charge is 0.487 e. The molecule has 3 aromatic rings. The van der Waals surface area contributed by atoms with Gasteiger partial charge in [0.25, 0.3) is 0 Å². The molecule has 1 saturated heterocycles. The number of ether oxygens (including phenoxy) is 2. The molecule has 2 aliphatic heterocycles. The van der Waals surface area contributed by atoms with Crippen molar-refractivity contribution in [3.8, 4) is 5.75 Å². The molecule has 33 heavy (non-hydrogen) atoms. The number of aromatic nitrogens is 2. The van der Waals surface area contributed by atoms with Crippen LogP contribution in [0.1, 0.15) is 29.0 Å². The molecule has 2 aliphatic rings. The van der Waals surface area contributed by atoms with Crippen LogP contribution >= 0.6 is 0 Å². The van der Waals surface area contributed by atoms with E-state index in [1.807, 2.05) is 23.4 Å². The van der Waals surface area contributed by atoms with Crippen LogP contribution in [-0.4, -0.2) is 60.3 Å². The van der Waals surface area contributed by atoms with E-state index in [1.165, 1.54) is 12.3 Å². The Morgan fingerprint density at radius 2 is 2.06 bits per heavy atom. The fourth-order valence-electron chi connectivity index (χ4n) is 4.38. The molecule has 1 atom stereocenters. The number of nitrogens with zero attached hydrogens (tertiary/aromatic N) is 4. The molecule has 2 aromatic heterocycles. The molecule has 1 aromatic carbocycles. The van der Waals surface area contributed by atoms with Crippen molar-refractivity contribution >= 4 is 22.6 Å². The van der Waals surface area contributed by atoms with E-state index in [1.54, 1.807) is 24.4 Å². The summed E-state index contributed by atoms with van der Waals surface area (Å²) in [5.74, 6) is -0.933. The number of carbonyl (C=O) groups excluding carboxylic acids is 1. The Hall–Kier alpha value is -3.46. The fraction of sp³-hybridized carbons (Fsp3) is 0.375. The molecule has 8 nitrogen and oxygen atoms in total. The Bertz CT molecular complexity index is 1270. The van der Waals surface area contributed by atoms with Crippen LogP contribution in [0.5, 0.6) is 5.75 Å². The first-order valence-electron chi connectivity index (χ1n) is 11.0. The van der Waals surface area contributed by atoms with Gasteiger partial charge in [0.2, 0.25) is 5.43 Å². The molecular formula is C24H25FN4O4. The summed E-state index contributed by atoms with van der Waals surface area (Å²) >= 11 is 0. The summed E-state index contributed by atoms with van der Waals surface area (Å²) in [6.07, 6.45) is 3.11. The lowest BCUT2D eigenvalue weighted by atomic mass is 10.1. The standard InChI is InChI=1S/C24H25FN4O4/c1-15-13-32-23-20-17(11-19(25)21(23)28-9-7-27(2)8-10-28)22(30)18(12-29(15)20)24(31)33-14-16-5-3-4-6-26-16/h3-6,11-12,15H,7-10,13-14H2,1-2H3. The molecule has 0 radical (unpaired) electrons. The molecule has 5 rings (SSSR count). The number of pyridine rings is 2. The van der Waals surface area contributed by atoms with Crippen LogP contribution < -0.4 is 15.1 Å². The van der Waals surface area contributed by atoms with Crippen molar-refractivity contribution in [2.45, 2.75) is 19.6 Å². The highest BCUT2D eigenvalue weighted by Crippen LogP contribution is 2.42. The van der Waals surface area contributed by atoms with Gasteiger partial charge in [-0.05, 0) is 32.2 Å². The molecular weight excluding hydrogens is 427 g/mol. The van der Waals surface area contributed by atoms with Crippen molar-refractivity contribution < 1.29 is 18.7 Å². The number of anilines is 1. The van der Waals surface area contributed by atoms with E-state index in [0.717, 1.165) is 13.1 Å². The number of hydrogen-bond donors (Lipinski definition) is 0. The molecule has 4 heterocycles. The smallest absolute Gasteiger partial charge is 0.344 e. The van der Waals surface area contributed by atoms with Crippen LogP contribution in [0.25, 0.3) is 10.9 Å². The van der Waals surface area contributed by atoms with E-state index in [4.69, 9.17) is 9.47 Å². The summed E-state index contributed by atoms with van der Waals surface area (Å²) in [5, 5.41) is 0.110. The summed E-state index contributed by atoms with van der Waals surface area (Å²) < 4.78 is 28.5. The van der Waals surface area contributed by atoms with Crippen LogP contribution in [0, 0.1) is 5.82 Å². The average Bonchev–Trinajstić information content (AvgIpc) is 2.82. The number of carbonyl (C=O) groups is 1. The third kappa shape index (κ3) is 3.82. The maximum absolute atomic E-state index is 15.4. The first-order valence-corrected chi connectivity index (χ1v) is 11.0. The number of halogens is 1. The molecule has 1 fully saturated rings. The quantitative estimate of drug-likeness (QED) is 0.563. The van der Waals surface area contributed by atoms with Crippen LogP contribution in [-0.2, 0) is 11.3 Å². The Labute approximate surface area is 190 Å². The highest BCUT2D eigenvalue weighted by molar-refractivity contribution is 5.98. The van der Waals surface area contributed by atoms with Crippen molar-refractivity contribution in [2.24, 2.45) is 0 Å². The van der Waals surface area contributed by atoms with Gasteiger partial charge in [0.1, 0.15) is 24.5 Å². The van der Waals surface area contributed by atoms with Crippen molar-refractivity contribution in [3.63, 3.8) is 0 Å². The third-order valence-corrected chi connectivity index (χ3v) is 6.26. The van der Waals surface area contributed by atoms with Gasteiger partial charge in [-0.1, -0.05) is 6.07 Å². The number of likely N-dealkylation sites (N-methyl/N-ethyl adjacent to an activating group) is 1. The van der Waals surface area contributed by atoms with Gasteiger partial charge in [-0.2, -0.15) is 0 Å². The maximum atomic E-state index is 15.4. The second kappa shape index (κ2) is 8.47. The van der Waals surface area contributed by atoms with Crippen LogP contribution in [0.3, 0.4) is 0 Å². The second-order valence-corrected chi connectivity index (χ2v) is 8.56. The van der Waals surface area contributed by atoms with Gasteiger partial charge >= 0.3 is 5.97 Å². The summed E-state index contributed by atoms with van der Waals surface area (Å²) in [7, 11) is 2.03. The van der Waals surface area contributed by atoms with Crippen LogP contribution in [0.2, 0.25) is 0 Å². The van der Waals surface area contributed by atoms with Crippen molar-refractivity contribution in [2.75, 3.05) is 44.7 Å². The number of benzene rings is 1. The number of piperazine rings is 1. The minimum Gasteiger partial charge on any atom is -0.487 e. The molecule has 9 heteroatoms. The van der Waals surface area contributed by atoms with Crippen molar-refractivity contribution in [1.82, 2.24) is 14.5 Å². The molecule has 0 N–H and O–H groups in total. The summed E-state index contributed by atoms with van der Waals surface area (Å²) in [6, 6.07) is 6.36. The lowest BCUT2D eigenvalue weighted by Crippen LogP contribution is -2.45. The lowest BCUT2D eigenvalue weighted by Gasteiger charge is -2.37. The lowest BCUT2D eigenvalue weighted by molar-refractivity contribution is 0.0465. The monoisotopic (exact) mass is 452 g/mol. The van der Waals surface area contributed by atoms with E-state index in [9.17, 15) is 9.59 Å². The molecule has 0 saturated carbocycles. The Kier molecular flexibility index (Phi) is 5.49. The zero-order valence-electron chi connectivity index (χ0n) is 18.6. The van der Waals surface area contributed by atoms with E-state index >= 15 is 4.39 Å². The molecule has 0 amide bonds. The minimum absolute atomic E-state index is 0.0578. The SMILES string of the molecule is CC1COc2c(N3CCN(C)CC3)c(F)cc3c(=O)c(C(=O)OCc4ccccn4)cn1c23. The molecule has 0 spiro atoms. The number of esters is 1. The molecule has 0 bridgehead atoms. The maximum Gasteiger partial charge on any atom is 0.344 e. The Morgan fingerprint density at radius 3 is 2.79 bits per heavy atom. The average molecular weight is 452 g/mol. The minimum atomic E-state index is -0.764. The normalized spacial score (nSPS) is 18.3. The first-order chi connectivity index (χ1) is 15.9. The van der Waals surface area contributed by atoms with Crippen LogP contribution in [0.15, 0.2) is 41.5 Å². The summed E-state index contributed by atoms with van der Waals surface area (Å²) in [5.41, 5.74) is 0.747. The summed E-state index contributed by atoms with van der Waals surface area (Å²) in [6.45, 7) is 5.10. The van der Waals surface area contributed by atoms with Gasteiger partial charge in [0, 0.05) is 38.6 Å². The highest BCUT2D eigenvalue weighted by Gasteiger charge is 2.31. The molecule has 0 aliphatic carbocycles. The number of rotatable bonds is 4.